The molecule has 0 unspecified atom stereocenters. The van der Waals surface area contributed by atoms with Gasteiger partial charge in [-0.3, -0.25) is 14.5 Å². The zero-order chi connectivity index (χ0) is 24.1. The summed E-state index contributed by atoms with van der Waals surface area (Å²) >= 11 is 6.60. The first kappa shape index (κ1) is 23.7. The Morgan fingerprint density at radius 3 is 2.59 bits per heavy atom. The summed E-state index contributed by atoms with van der Waals surface area (Å²) in [5.74, 6) is -0.336. The highest BCUT2D eigenvalue weighted by Gasteiger charge is 2.32. The third-order valence-electron chi connectivity index (χ3n) is 5.13. The molecular formula is C25H23N3O4S2. The number of hydrogen-bond donors (Lipinski definition) is 1. The molecule has 1 aliphatic rings. The number of nitrogens with zero attached hydrogens (tertiary/aromatic N) is 3. The Balaban J connectivity index is 1.68. The maximum absolute atomic E-state index is 13.0. The van der Waals surface area contributed by atoms with E-state index in [1.165, 1.54) is 16.7 Å². The maximum atomic E-state index is 13.0. The van der Waals surface area contributed by atoms with Crippen LogP contribution in [0.5, 0.6) is 5.75 Å². The standard InChI is InChI=1S/C25H23N3O4S2/c1-2-32-20-12-10-17(11-13-20)23-18(16-28(26-23)19-7-4-3-5-8-19)15-21-24(31)27(25(33)34-21)14-6-9-22(29)30/h3-5,7-8,10-13,15-16H,2,6,9,14H2,1H3,(H,29,30). The highest BCUT2D eigenvalue weighted by atomic mass is 32.2. The number of carbonyl (C=O) groups is 2. The molecule has 1 amide bonds. The molecule has 0 saturated carbocycles. The Hall–Kier alpha value is -3.43. The van der Waals surface area contributed by atoms with Crippen LogP contribution in [0.4, 0.5) is 0 Å². The Morgan fingerprint density at radius 1 is 1.18 bits per heavy atom. The number of ether oxygens (including phenoxy) is 1. The summed E-state index contributed by atoms with van der Waals surface area (Å²) in [5.41, 5.74) is 3.29. The minimum Gasteiger partial charge on any atom is -0.494 e. The monoisotopic (exact) mass is 493 g/mol. The van der Waals surface area contributed by atoms with E-state index in [1.54, 1.807) is 10.8 Å². The predicted octanol–water partition coefficient (Wildman–Crippen LogP) is 5.00. The zero-order valence-corrected chi connectivity index (χ0v) is 20.1. The van der Waals surface area contributed by atoms with E-state index in [-0.39, 0.29) is 18.9 Å². The van der Waals surface area contributed by atoms with Gasteiger partial charge >= 0.3 is 5.97 Å². The lowest BCUT2D eigenvalue weighted by Crippen LogP contribution is -2.29. The quantitative estimate of drug-likeness (QED) is 0.332. The van der Waals surface area contributed by atoms with Crippen molar-refractivity contribution < 1.29 is 19.4 Å². The van der Waals surface area contributed by atoms with Gasteiger partial charge in [0.25, 0.3) is 5.91 Å². The highest BCUT2D eigenvalue weighted by Crippen LogP contribution is 2.35. The van der Waals surface area contributed by atoms with Crippen molar-refractivity contribution in [2.45, 2.75) is 19.8 Å². The number of rotatable bonds is 9. The van der Waals surface area contributed by atoms with Crippen molar-refractivity contribution in [1.82, 2.24) is 14.7 Å². The van der Waals surface area contributed by atoms with Gasteiger partial charge in [0, 0.05) is 30.3 Å². The van der Waals surface area contributed by atoms with Crippen LogP contribution in [0.15, 0.2) is 65.7 Å². The molecule has 0 spiro atoms. The fourth-order valence-electron chi connectivity index (χ4n) is 3.53. The minimum absolute atomic E-state index is 0.0121. The van der Waals surface area contributed by atoms with Crippen molar-refractivity contribution in [3.05, 3.63) is 71.3 Å². The smallest absolute Gasteiger partial charge is 0.303 e. The Morgan fingerprint density at radius 2 is 1.91 bits per heavy atom. The molecule has 1 saturated heterocycles. The lowest BCUT2D eigenvalue weighted by atomic mass is 10.1. The second-order valence-corrected chi connectivity index (χ2v) is 9.18. The number of carboxylic acids is 1. The molecule has 0 aliphatic carbocycles. The van der Waals surface area contributed by atoms with Crippen LogP contribution < -0.4 is 4.74 Å². The molecule has 0 bridgehead atoms. The Kier molecular flexibility index (Phi) is 7.44. The van der Waals surface area contributed by atoms with Gasteiger partial charge in [0.05, 0.1) is 22.9 Å². The van der Waals surface area contributed by atoms with Crippen molar-refractivity contribution in [2.24, 2.45) is 0 Å². The van der Waals surface area contributed by atoms with Crippen LogP contribution in [0.25, 0.3) is 23.0 Å². The average Bonchev–Trinajstić information content (AvgIpc) is 3.36. The lowest BCUT2D eigenvalue weighted by molar-refractivity contribution is -0.137. The molecule has 4 rings (SSSR count). The van der Waals surface area contributed by atoms with Crippen molar-refractivity contribution in [3.8, 4) is 22.7 Å². The number of thioether (sulfide) groups is 1. The molecular weight excluding hydrogens is 470 g/mol. The van der Waals surface area contributed by atoms with E-state index in [0.717, 1.165) is 28.3 Å². The van der Waals surface area contributed by atoms with E-state index in [1.807, 2.05) is 67.7 Å². The molecule has 1 fully saturated rings. The van der Waals surface area contributed by atoms with E-state index in [9.17, 15) is 9.59 Å². The summed E-state index contributed by atoms with van der Waals surface area (Å²) in [6.45, 7) is 2.80. The molecule has 34 heavy (non-hydrogen) atoms. The van der Waals surface area contributed by atoms with E-state index in [2.05, 4.69) is 0 Å². The number of carboxylic acid groups (broad SMARTS) is 1. The van der Waals surface area contributed by atoms with Crippen LogP contribution in [0.2, 0.25) is 0 Å². The number of aliphatic carboxylic acids is 1. The first-order chi connectivity index (χ1) is 16.5. The van der Waals surface area contributed by atoms with Crippen molar-refractivity contribution in [2.75, 3.05) is 13.2 Å². The summed E-state index contributed by atoms with van der Waals surface area (Å²) in [6.07, 6.45) is 4.02. The fourth-order valence-corrected chi connectivity index (χ4v) is 4.83. The van der Waals surface area contributed by atoms with Gasteiger partial charge in [-0.2, -0.15) is 5.10 Å². The van der Waals surface area contributed by atoms with Gasteiger partial charge in [-0.15, -0.1) is 0 Å². The van der Waals surface area contributed by atoms with Gasteiger partial charge in [-0.25, -0.2) is 4.68 Å². The van der Waals surface area contributed by atoms with Crippen molar-refractivity contribution in [3.63, 3.8) is 0 Å². The number of para-hydroxylation sites is 1. The van der Waals surface area contributed by atoms with E-state index < -0.39 is 5.97 Å². The molecule has 2 aromatic carbocycles. The number of carbonyl (C=O) groups excluding carboxylic acids is 1. The third-order valence-corrected chi connectivity index (χ3v) is 6.51. The summed E-state index contributed by atoms with van der Waals surface area (Å²) in [5, 5.41) is 13.7. The molecule has 0 atom stereocenters. The topological polar surface area (TPSA) is 84.7 Å². The SMILES string of the molecule is CCOc1ccc(-c2nn(-c3ccccc3)cc2C=C2SC(=S)N(CCCC(=O)O)C2=O)cc1. The maximum Gasteiger partial charge on any atom is 0.303 e. The van der Waals surface area contributed by atoms with E-state index in [0.29, 0.717) is 22.3 Å². The van der Waals surface area contributed by atoms with E-state index >= 15 is 0 Å². The van der Waals surface area contributed by atoms with Gasteiger partial charge in [-0.1, -0.05) is 42.2 Å². The normalized spacial score (nSPS) is 14.7. The number of aromatic nitrogens is 2. The number of benzene rings is 2. The van der Waals surface area contributed by atoms with Crippen molar-refractivity contribution in [1.29, 1.82) is 0 Å². The number of hydrogen-bond acceptors (Lipinski definition) is 6. The first-order valence-corrected chi connectivity index (χ1v) is 12.0. The Labute approximate surface area is 207 Å². The van der Waals surface area contributed by atoms with Gasteiger partial charge in [0.2, 0.25) is 0 Å². The average molecular weight is 494 g/mol. The van der Waals surface area contributed by atoms with Gasteiger partial charge in [0.15, 0.2) is 0 Å². The van der Waals surface area contributed by atoms with Crippen LogP contribution in [0, 0.1) is 0 Å². The summed E-state index contributed by atoms with van der Waals surface area (Å²) < 4.78 is 7.76. The van der Waals surface area contributed by atoms with Crippen LogP contribution in [0.3, 0.4) is 0 Å². The number of thiocarbonyl (C=S) groups is 1. The molecule has 0 radical (unpaired) electrons. The summed E-state index contributed by atoms with van der Waals surface area (Å²) in [6, 6.07) is 17.4. The van der Waals surface area contributed by atoms with Gasteiger partial charge < -0.3 is 9.84 Å². The minimum atomic E-state index is -0.894. The summed E-state index contributed by atoms with van der Waals surface area (Å²) in [4.78, 5) is 25.8. The molecule has 2 heterocycles. The molecule has 1 aliphatic heterocycles. The largest absolute Gasteiger partial charge is 0.494 e. The predicted molar refractivity (Wildman–Crippen MR) is 137 cm³/mol. The third kappa shape index (κ3) is 5.37. The van der Waals surface area contributed by atoms with E-state index in [4.69, 9.17) is 27.2 Å². The van der Waals surface area contributed by atoms with Crippen LogP contribution in [-0.4, -0.2) is 49.1 Å². The molecule has 7 nitrogen and oxygen atoms in total. The van der Waals surface area contributed by atoms with Crippen LogP contribution in [0.1, 0.15) is 25.3 Å². The molecule has 1 N–H and O–H groups in total. The zero-order valence-electron chi connectivity index (χ0n) is 18.5. The molecule has 3 aromatic rings. The molecule has 9 heteroatoms. The number of amides is 1. The second kappa shape index (κ2) is 10.7. The van der Waals surface area contributed by atoms with Gasteiger partial charge in [-0.05, 0) is 55.8 Å². The molecule has 1 aromatic heterocycles. The Bertz CT molecular complexity index is 1240. The fraction of sp³-hybridized carbons (Fsp3) is 0.200. The lowest BCUT2D eigenvalue weighted by Gasteiger charge is -2.13. The van der Waals surface area contributed by atoms with Gasteiger partial charge in [0.1, 0.15) is 10.1 Å². The summed E-state index contributed by atoms with van der Waals surface area (Å²) in [7, 11) is 0. The van der Waals surface area contributed by atoms with Crippen LogP contribution in [-0.2, 0) is 9.59 Å². The molecule has 174 valence electrons. The van der Waals surface area contributed by atoms with Crippen LogP contribution >= 0.6 is 24.0 Å². The van der Waals surface area contributed by atoms with Crippen molar-refractivity contribution >= 4 is 46.3 Å². The first-order valence-electron chi connectivity index (χ1n) is 10.8. The highest BCUT2D eigenvalue weighted by molar-refractivity contribution is 8.26. The second-order valence-electron chi connectivity index (χ2n) is 7.50.